The van der Waals surface area contributed by atoms with Gasteiger partial charge in [0.2, 0.25) is 5.91 Å². The number of aryl methyl sites for hydroxylation is 1. The van der Waals surface area contributed by atoms with Gasteiger partial charge < -0.3 is 9.64 Å². The van der Waals surface area contributed by atoms with Gasteiger partial charge in [-0.05, 0) is 106 Å². The maximum Gasteiger partial charge on any atom is 0.229 e. The van der Waals surface area contributed by atoms with Crippen molar-refractivity contribution in [3.05, 3.63) is 59.4 Å². The van der Waals surface area contributed by atoms with E-state index in [0.717, 1.165) is 37.9 Å². The number of carbonyl (C=O) groups excluding carboxylic acids is 1. The number of hydrogen-bond acceptors (Lipinski definition) is 3. The minimum absolute atomic E-state index is 0.0291. The van der Waals surface area contributed by atoms with Crippen LogP contribution in [0.4, 0.5) is 10.1 Å². The number of likely N-dealkylation sites (tertiary alicyclic amines) is 1. The van der Waals surface area contributed by atoms with Crippen molar-refractivity contribution in [2.75, 3.05) is 25.0 Å². The highest BCUT2D eigenvalue weighted by Crippen LogP contribution is 2.30. The number of halogens is 1. The van der Waals surface area contributed by atoms with E-state index in [4.69, 9.17) is 4.74 Å². The number of anilines is 1. The van der Waals surface area contributed by atoms with Gasteiger partial charge in [0.1, 0.15) is 11.6 Å². The maximum absolute atomic E-state index is 13.1. The normalized spacial score (nSPS) is 21.8. The third-order valence-corrected chi connectivity index (χ3v) is 7.03. The summed E-state index contributed by atoms with van der Waals surface area (Å²) in [5.41, 5.74) is 3.58. The van der Waals surface area contributed by atoms with Crippen LogP contribution < -0.4 is 9.64 Å². The largest absolute Gasteiger partial charge is 0.490 e. The SMILES string of the molecule is Cc1cc(N(C)C(=O)C2CCC(Oc3ccc(F)cc3)CC2)ccc1CN1CCCCC1. The molecule has 1 aliphatic heterocycles. The molecule has 32 heavy (non-hydrogen) atoms. The molecule has 0 aromatic heterocycles. The summed E-state index contributed by atoms with van der Waals surface area (Å²) in [4.78, 5) is 17.5. The molecule has 0 bridgehead atoms. The van der Waals surface area contributed by atoms with Gasteiger partial charge >= 0.3 is 0 Å². The zero-order valence-corrected chi connectivity index (χ0v) is 19.4. The van der Waals surface area contributed by atoms with Crippen LogP contribution in [0.2, 0.25) is 0 Å². The van der Waals surface area contributed by atoms with Crippen LogP contribution in [0.25, 0.3) is 0 Å². The molecule has 5 heteroatoms. The number of amides is 1. The number of nitrogens with zero attached hydrogens (tertiary/aromatic N) is 2. The van der Waals surface area contributed by atoms with Crippen LogP contribution in [0.1, 0.15) is 56.1 Å². The first-order chi connectivity index (χ1) is 15.5. The van der Waals surface area contributed by atoms with Crippen molar-refractivity contribution in [3.63, 3.8) is 0 Å². The molecule has 1 saturated heterocycles. The number of ether oxygens (including phenoxy) is 1. The lowest BCUT2D eigenvalue weighted by atomic mass is 9.86. The van der Waals surface area contributed by atoms with Crippen LogP contribution >= 0.6 is 0 Å². The van der Waals surface area contributed by atoms with Gasteiger partial charge in [-0.1, -0.05) is 12.5 Å². The molecule has 2 aliphatic rings. The number of piperidine rings is 1. The molecule has 172 valence electrons. The molecule has 1 amide bonds. The van der Waals surface area contributed by atoms with E-state index in [2.05, 4.69) is 30.0 Å². The Morgan fingerprint density at radius 2 is 1.72 bits per heavy atom. The van der Waals surface area contributed by atoms with Crippen LogP contribution in [0.15, 0.2) is 42.5 Å². The number of benzene rings is 2. The van der Waals surface area contributed by atoms with E-state index in [1.807, 2.05) is 11.9 Å². The third-order valence-electron chi connectivity index (χ3n) is 7.03. The summed E-state index contributed by atoms with van der Waals surface area (Å²) in [6.07, 6.45) is 7.36. The van der Waals surface area contributed by atoms with Gasteiger partial charge in [-0.2, -0.15) is 0 Å². The van der Waals surface area contributed by atoms with Crippen molar-refractivity contribution in [1.29, 1.82) is 0 Å². The summed E-state index contributed by atoms with van der Waals surface area (Å²) in [5.74, 6) is 0.651. The first-order valence-electron chi connectivity index (χ1n) is 12.0. The van der Waals surface area contributed by atoms with Gasteiger partial charge in [0.05, 0.1) is 6.10 Å². The van der Waals surface area contributed by atoms with Crippen LogP contribution in [-0.2, 0) is 11.3 Å². The van der Waals surface area contributed by atoms with Gasteiger partial charge in [-0.3, -0.25) is 9.69 Å². The van der Waals surface area contributed by atoms with Crippen molar-refractivity contribution in [2.24, 2.45) is 5.92 Å². The minimum Gasteiger partial charge on any atom is -0.490 e. The lowest BCUT2D eigenvalue weighted by Crippen LogP contribution is -2.36. The van der Waals surface area contributed by atoms with Crippen molar-refractivity contribution < 1.29 is 13.9 Å². The fourth-order valence-corrected chi connectivity index (χ4v) is 4.96. The standard InChI is InChI=1S/C27H35FN2O2/c1-20-18-24(11-6-22(20)19-30-16-4-3-5-17-30)29(2)27(31)21-7-12-25(13-8-21)32-26-14-9-23(28)10-15-26/h6,9-11,14-15,18,21,25H,3-5,7-8,12-13,16-17,19H2,1-2H3. The lowest BCUT2D eigenvalue weighted by Gasteiger charge is -2.31. The average Bonchev–Trinajstić information content (AvgIpc) is 2.82. The van der Waals surface area contributed by atoms with E-state index in [0.29, 0.717) is 5.75 Å². The van der Waals surface area contributed by atoms with Gasteiger partial charge in [0, 0.05) is 25.2 Å². The third kappa shape index (κ3) is 5.69. The Labute approximate surface area is 191 Å². The molecule has 0 spiro atoms. The molecule has 2 aromatic carbocycles. The molecule has 1 heterocycles. The highest BCUT2D eigenvalue weighted by Gasteiger charge is 2.29. The van der Waals surface area contributed by atoms with Gasteiger partial charge in [-0.15, -0.1) is 0 Å². The van der Waals surface area contributed by atoms with E-state index in [-0.39, 0.29) is 23.7 Å². The number of hydrogen-bond donors (Lipinski definition) is 0. The molecule has 0 radical (unpaired) electrons. The van der Waals surface area contributed by atoms with Crippen LogP contribution in [0.5, 0.6) is 5.75 Å². The second kappa shape index (κ2) is 10.5. The minimum atomic E-state index is -0.260. The van der Waals surface area contributed by atoms with Crippen molar-refractivity contribution in [1.82, 2.24) is 4.90 Å². The number of carbonyl (C=O) groups is 1. The average molecular weight is 439 g/mol. The van der Waals surface area contributed by atoms with Crippen molar-refractivity contribution in [2.45, 2.75) is 64.5 Å². The van der Waals surface area contributed by atoms with E-state index in [1.165, 1.54) is 55.6 Å². The maximum atomic E-state index is 13.1. The van der Waals surface area contributed by atoms with E-state index in [9.17, 15) is 9.18 Å². The summed E-state index contributed by atoms with van der Waals surface area (Å²) < 4.78 is 19.1. The zero-order valence-electron chi connectivity index (χ0n) is 19.4. The summed E-state index contributed by atoms with van der Waals surface area (Å²) in [6, 6.07) is 12.6. The second-order valence-corrected chi connectivity index (χ2v) is 9.39. The summed E-state index contributed by atoms with van der Waals surface area (Å²) in [5, 5.41) is 0. The van der Waals surface area contributed by atoms with E-state index >= 15 is 0 Å². The smallest absolute Gasteiger partial charge is 0.229 e. The Morgan fingerprint density at radius 1 is 1.03 bits per heavy atom. The summed E-state index contributed by atoms with van der Waals surface area (Å²) >= 11 is 0. The molecular formula is C27H35FN2O2. The molecule has 0 atom stereocenters. The predicted molar refractivity (Wildman–Crippen MR) is 126 cm³/mol. The van der Waals surface area contributed by atoms with Crippen LogP contribution in [0.3, 0.4) is 0 Å². The Balaban J connectivity index is 1.30. The monoisotopic (exact) mass is 438 g/mol. The predicted octanol–water partition coefficient (Wildman–Crippen LogP) is 5.72. The highest BCUT2D eigenvalue weighted by molar-refractivity contribution is 5.94. The van der Waals surface area contributed by atoms with Crippen molar-refractivity contribution in [3.8, 4) is 5.75 Å². The summed E-state index contributed by atoms with van der Waals surface area (Å²) in [6.45, 7) is 5.53. The zero-order chi connectivity index (χ0) is 22.5. The molecule has 4 nitrogen and oxygen atoms in total. The Kier molecular flexibility index (Phi) is 7.46. The Bertz CT molecular complexity index is 900. The van der Waals surface area contributed by atoms with E-state index in [1.54, 1.807) is 12.1 Å². The molecule has 4 rings (SSSR count). The highest BCUT2D eigenvalue weighted by atomic mass is 19.1. The van der Waals surface area contributed by atoms with Crippen molar-refractivity contribution >= 4 is 11.6 Å². The molecule has 0 unspecified atom stereocenters. The van der Waals surface area contributed by atoms with Gasteiger partial charge in [0.25, 0.3) is 0 Å². The van der Waals surface area contributed by atoms with Gasteiger partial charge in [0.15, 0.2) is 0 Å². The Hall–Kier alpha value is -2.40. The lowest BCUT2D eigenvalue weighted by molar-refractivity contribution is -0.123. The van der Waals surface area contributed by atoms with Gasteiger partial charge in [-0.25, -0.2) is 4.39 Å². The number of rotatable bonds is 6. The quantitative estimate of drug-likeness (QED) is 0.578. The van der Waals surface area contributed by atoms with Crippen LogP contribution in [-0.4, -0.2) is 37.0 Å². The molecule has 2 fully saturated rings. The molecule has 1 saturated carbocycles. The second-order valence-electron chi connectivity index (χ2n) is 9.39. The Morgan fingerprint density at radius 3 is 2.38 bits per heavy atom. The van der Waals surface area contributed by atoms with Crippen LogP contribution in [0, 0.1) is 18.7 Å². The fourth-order valence-electron chi connectivity index (χ4n) is 4.96. The fraction of sp³-hybridized carbons (Fsp3) is 0.519. The summed E-state index contributed by atoms with van der Waals surface area (Å²) in [7, 11) is 1.89. The molecule has 2 aromatic rings. The first-order valence-corrected chi connectivity index (χ1v) is 12.0. The van der Waals surface area contributed by atoms with E-state index < -0.39 is 0 Å². The molecular weight excluding hydrogens is 403 g/mol. The topological polar surface area (TPSA) is 32.8 Å². The molecule has 0 N–H and O–H groups in total. The first kappa shape index (κ1) is 22.8. The molecule has 1 aliphatic carbocycles.